The van der Waals surface area contributed by atoms with E-state index < -0.39 is 0 Å². The van der Waals surface area contributed by atoms with Crippen LogP contribution in [0.5, 0.6) is 0 Å². The number of para-hydroxylation sites is 1. The smallest absolute Gasteiger partial charge is 0.265 e. The van der Waals surface area contributed by atoms with E-state index in [2.05, 4.69) is 38.2 Å². The topological polar surface area (TPSA) is 76.7 Å². The molecule has 0 spiro atoms. The van der Waals surface area contributed by atoms with Crippen molar-refractivity contribution in [2.75, 3.05) is 11.9 Å². The minimum Gasteiger partial charge on any atom is -0.384 e. The zero-order valence-corrected chi connectivity index (χ0v) is 16.9. The molecular formula is C21H26ClN3O2. The van der Waals surface area contributed by atoms with Gasteiger partial charge >= 0.3 is 0 Å². The predicted molar refractivity (Wildman–Crippen MR) is 111 cm³/mol. The van der Waals surface area contributed by atoms with E-state index >= 15 is 0 Å². The third kappa shape index (κ3) is 5.73. The van der Waals surface area contributed by atoms with Crippen molar-refractivity contribution in [2.24, 2.45) is 10.9 Å². The van der Waals surface area contributed by atoms with Crippen LogP contribution in [0.2, 0.25) is 5.02 Å². The summed E-state index contributed by atoms with van der Waals surface area (Å²) in [7, 11) is 0. The molecule has 0 aliphatic carbocycles. The number of benzene rings is 2. The fourth-order valence-corrected chi connectivity index (χ4v) is 2.92. The minimum absolute atomic E-state index is 0.163. The number of carbonyl (C=O) groups excluding carboxylic acids is 1. The minimum atomic E-state index is -0.285. The van der Waals surface area contributed by atoms with Crippen molar-refractivity contribution in [2.45, 2.75) is 39.5 Å². The van der Waals surface area contributed by atoms with Crippen molar-refractivity contribution in [3.63, 3.8) is 0 Å². The molecule has 0 aliphatic rings. The van der Waals surface area contributed by atoms with Crippen molar-refractivity contribution < 1.29 is 9.63 Å². The first kappa shape index (κ1) is 20.8. The largest absolute Gasteiger partial charge is 0.384 e. The highest BCUT2D eigenvalue weighted by Crippen LogP contribution is 2.32. The van der Waals surface area contributed by atoms with Gasteiger partial charge in [0.15, 0.2) is 12.4 Å². The number of halogens is 1. The third-order valence-electron chi connectivity index (χ3n) is 4.12. The molecule has 0 radical (unpaired) electrons. The van der Waals surface area contributed by atoms with Crippen molar-refractivity contribution in [3.05, 3.63) is 64.2 Å². The Morgan fingerprint density at radius 2 is 1.70 bits per heavy atom. The second-order valence-corrected chi connectivity index (χ2v) is 7.37. The van der Waals surface area contributed by atoms with Crippen LogP contribution < -0.4 is 11.1 Å². The second kappa shape index (κ2) is 9.42. The average Bonchev–Trinajstić information content (AvgIpc) is 2.61. The van der Waals surface area contributed by atoms with Crippen LogP contribution in [-0.2, 0) is 9.63 Å². The Bertz CT molecular complexity index is 806. The van der Waals surface area contributed by atoms with E-state index in [1.54, 1.807) is 24.3 Å². The van der Waals surface area contributed by atoms with E-state index in [1.807, 2.05) is 18.2 Å². The van der Waals surface area contributed by atoms with Gasteiger partial charge in [0, 0.05) is 16.3 Å². The summed E-state index contributed by atoms with van der Waals surface area (Å²) in [6.07, 6.45) is 0. The number of nitrogens with one attached hydrogen (secondary N) is 1. The van der Waals surface area contributed by atoms with Crippen LogP contribution in [0.15, 0.2) is 47.6 Å². The Kier molecular flexibility index (Phi) is 7.25. The maximum Gasteiger partial charge on any atom is 0.265 e. The number of oxime groups is 1. The average molecular weight is 388 g/mol. The molecule has 1 amide bonds. The maximum atomic E-state index is 12.4. The summed E-state index contributed by atoms with van der Waals surface area (Å²) >= 11 is 5.93. The van der Waals surface area contributed by atoms with Gasteiger partial charge in [-0.15, -0.1) is 0 Å². The summed E-state index contributed by atoms with van der Waals surface area (Å²) in [5.41, 5.74) is 9.54. The summed E-state index contributed by atoms with van der Waals surface area (Å²) in [4.78, 5) is 17.5. The number of anilines is 1. The molecule has 2 aromatic carbocycles. The van der Waals surface area contributed by atoms with E-state index in [-0.39, 0.29) is 30.2 Å². The number of hydrogen-bond donors (Lipinski definition) is 2. The van der Waals surface area contributed by atoms with Crippen molar-refractivity contribution >= 4 is 29.0 Å². The molecule has 0 atom stereocenters. The molecule has 144 valence electrons. The van der Waals surface area contributed by atoms with Crippen molar-refractivity contribution in [3.8, 4) is 0 Å². The lowest BCUT2D eigenvalue weighted by Gasteiger charge is -2.20. The van der Waals surface area contributed by atoms with Crippen LogP contribution in [0.3, 0.4) is 0 Å². The molecule has 0 fully saturated rings. The van der Waals surface area contributed by atoms with Crippen molar-refractivity contribution in [1.82, 2.24) is 0 Å². The lowest BCUT2D eigenvalue weighted by molar-refractivity contribution is -0.120. The molecule has 0 unspecified atom stereocenters. The summed E-state index contributed by atoms with van der Waals surface area (Å²) < 4.78 is 0. The zero-order chi connectivity index (χ0) is 20.0. The van der Waals surface area contributed by atoms with Crippen molar-refractivity contribution in [1.29, 1.82) is 0 Å². The molecule has 2 rings (SSSR count). The Hall–Kier alpha value is -2.53. The first-order chi connectivity index (χ1) is 12.8. The highest BCUT2D eigenvalue weighted by molar-refractivity contribution is 6.31. The Morgan fingerprint density at radius 3 is 2.26 bits per heavy atom. The van der Waals surface area contributed by atoms with E-state index in [0.29, 0.717) is 10.6 Å². The summed E-state index contributed by atoms with van der Waals surface area (Å²) in [5.74, 6) is 0.455. The van der Waals surface area contributed by atoms with Crippen LogP contribution in [0.1, 0.15) is 56.2 Å². The standard InChI is InChI=1S/C21H26ClN3O2/c1-13(2)17-9-6-10-18(14(3)4)20(17)24-19(26)12-27-25-21(23)15-7-5-8-16(22)11-15/h5-11,13-14H,12H2,1-4H3,(H2,23,25)(H,24,26). The molecule has 6 heteroatoms. The fourth-order valence-electron chi connectivity index (χ4n) is 2.73. The number of rotatable bonds is 7. The molecule has 2 aromatic rings. The van der Waals surface area contributed by atoms with E-state index in [9.17, 15) is 4.79 Å². The molecule has 5 nitrogen and oxygen atoms in total. The van der Waals surface area contributed by atoms with Gasteiger partial charge in [0.2, 0.25) is 0 Å². The van der Waals surface area contributed by atoms with Gasteiger partial charge < -0.3 is 15.9 Å². The number of carbonyl (C=O) groups is 1. The third-order valence-corrected chi connectivity index (χ3v) is 4.35. The van der Waals surface area contributed by atoms with Gasteiger partial charge in [0.1, 0.15) is 0 Å². The lowest BCUT2D eigenvalue weighted by Crippen LogP contribution is -2.21. The van der Waals surface area contributed by atoms with Crippen LogP contribution in [-0.4, -0.2) is 18.3 Å². The fraction of sp³-hybridized carbons (Fsp3) is 0.333. The van der Waals surface area contributed by atoms with E-state index in [1.165, 1.54) is 0 Å². The van der Waals surface area contributed by atoms with Gasteiger partial charge in [0.25, 0.3) is 5.91 Å². The first-order valence-electron chi connectivity index (χ1n) is 8.93. The molecule has 0 aromatic heterocycles. The SMILES string of the molecule is CC(C)c1cccc(C(C)C)c1NC(=O)CO/N=C(\N)c1cccc(Cl)c1. The highest BCUT2D eigenvalue weighted by atomic mass is 35.5. The predicted octanol–water partition coefficient (Wildman–Crippen LogP) is 4.86. The maximum absolute atomic E-state index is 12.4. The normalized spacial score (nSPS) is 11.7. The quantitative estimate of drug-likeness (QED) is 0.404. The number of hydrogen-bond acceptors (Lipinski definition) is 3. The molecule has 3 N–H and O–H groups in total. The Labute approximate surface area is 165 Å². The zero-order valence-electron chi connectivity index (χ0n) is 16.1. The van der Waals surface area contributed by atoms with Gasteiger partial charge in [-0.1, -0.05) is 74.8 Å². The van der Waals surface area contributed by atoms with Gasteiger partial charge in [-0.3, -0.25) is 4.79 Å². The van der Waals surface area contributed by atoms with Gasteiger partial charge in [0.05, 0.1) is 0 Å². The monoisotopic (exact) mass is 387 g/mol. The molecule has 27 heavy (non-hydrogen) atoms. The van der Waals surface area contributed by atoms with Gasteiger partial charge in [-0.2, -0.15) is 0 Å². The molecule has 0 bridgehead atoms. The van der Waals surface area contributed by atoms with E-state index in [0.717, 1.165) is 16.8 Å². The van der Waals surface area contributed by atoms with E-state index in [4.69, 9.17) is 22.2 Å². The highest BCUT2D eigenvalue weighted by Gasteiger charge is 2.16. The molecular weight excluding hydrogens is 362 g/mol. The number of amidine groups is 1. The lowest BCUT2D eigenvalue weighted by atomic mass is 9.92. The number of nitrogens with two attached hydrogens (primary N) is 1. The molecule has 0 aliphatic heterocycles. The summed E-state index contributed by atoms with van der Waals surface area (Å²) in [5, 5.41) is 7.33. The number of nitrogens with zero attached hydrogens (tertiary/aromatic N) is 1. The molecule has 0 saturated carbocycles. The van der Waals surface area contributed by atoms with Gasteiger partial charge in [-0.05, 0) is 35.1 Å². The molecule has 0 saturated heterocycles. The Balaban J connectivity index is 2.07. The Morgan fingerprint density at radius 1 is 1.11 bits per heavy atom. The summed E-state index contributed by atoms with van der Waals surface area (Å²) in [6, 6.07) is 13.0. The van der Waals surface area contributed by atoms with Crippen LogP contribution in [0.4, 0.5) is 5.69 Å². The van der Waals surface area contributed by atoms with Crippen LogP contribution >= 0.6 is 11.6 Å². The summed E-state index contributed by atoms with van der Waals surface area (Å²) in [6.45, 7) is 8.16. The first-order valence-corrected chi connectivity index (χ1v) is 9.31. The second-order valence-electron chi connectivity index (χ2n) is 6.93. The molecule has 0 heterocycles. The number of amides is 1. The van der Waals surface area contributed by atoms with Crippen LogP contribution in [0, 0.1) is 0 Å². The van der Waals surface area contributed by atoms with Gasteiger partial charge in [-0.25, -0.2) is 0 Å². The van der Waals surface area contributed by atoms with Crippen LogP contribution in [0.25, 0.3) is 0 Å².